The van der Waals surface area contributed by atoms with E-state index in [1.165, 1.54) is 36.4 Å². The summed E-state index contributed by atoms with van der Waals surface area (Å²) >= 11 is 0. The van der Waals surface area contributed by atoms with Crippen LogP contribution in [-0.2, 0) is 0 Å². The van der Waals surface area contributed by atoms with E-state index in [1.54, 1.807) is 13.1 Å². The van der Waals surface area contributed by atoms with Crippen LogP contribution in [0, 0.1) is 20.2 Å². The van der Waals surface area contributed by atoms with Crippen molar-refractivity contribution in [3.8, 4) is 11.5 Å². The lowest BCUT2D eigenvalue weighted by Gasteiger charge is -2.07. The molecule has 0 aliphatic heterocycles. The van der Waals surface area contributed by atoms with Gasteiger partial charge >= 0.3 is 0 Å². The Kier molecular flexibility index (Phi) is 3.98. The van der Waals surface area contributed by atoms with E-state index in [-0.39, 0.29) is 17.1 Å². The van der Waals surface area contributed by atoms with Crippen LogP contribution in [0.1, 0.15) is 0 Å². The molecule has 0 bridgehead atoms. The number of ether oxygens (including phenoxy) is 1. The lowest BCUT2D eigenvalue weighted by Crippen LogP contribution is -1.94. The first-order valence-corrected chi connectivity index (χ1v) is 5.89. The summed E-state index contributed by atoms with van der Waals surface area (Å²) in [7, 11) is 1.63. The first kappa shape index (κ1) is 14.3. The fourth-order valence-corrected chi connectivity index (χ4v) is 1.66. The van der Waals surface area contributed by atoms with Crippen molar-refractivity contribution in [2.24, 2.45) is 0 Å². The van der Waals surface area contributed by atoms with Crippen LogP contribution < -0.4 is 10.1 Å². The minimum atomic E-state index is -0.524. The van der Waals surface area contributed by atoms with Crippen LogP contribution >= 0.6 is 0 Å². The van der Waals surface area contributed by atoms with Gasteiger partial charge in [-0.1, -0.05) is 0 Å². The summed E-state index contributed by atoms with van der Waals surface area (Å²) in [5.74, 6) is 0.616. The summed E-state index contributed by atoms with van der Waals surface area (Å²) in [6, 6.07) is 9.70. The maximum absolute atomic E-state index is 10.8. The number of nitro benzene ring substituents is 2. The number of nitro groups is 2. The van der Waals surface area contributed by atoms with Crippen molar-refractivity contribution in [3.05, 3.63) is 62.7 Å². The zero-order valence-electron chi connectivity index (χ0n) is 11.0. The third-order valence-electron chi connectivity index (χ3n) is 2.67. The molecular formula is C13H11N3O5. The fraction of sp³-hybridized carbons (Fsp3) is 0.0769. The van der Waals surface area contributed by atoms with Gasteiger partial charge in [-0.15, -0.1) is 0 Å². The summed E-state index contributed by atoms with van der Waals surface area (Å²) in [5, 5.41) is 24.2. The van der Waals surface area contributed by atoms with Gasteiger partial charge in [0.15, 0.2) is 0 Å². The van der Waals surface area contributed by atoms with Gasteiger partial charge in [0.05, 0.1) is 15.9 Å². The highest BCUT2D eigenvalue weighted by molar-refractivity contribution is 5.56. The van der Waals surface area contributed by atoms with Crippen LogP contribution in [0.3, 0.4) is 0 Å². The molecule has 8 heteroatoms. The Morgan fingerprint density at radius 2 is 1.52 bits per heavy atom. The molecule has 8 nitrogen and oxygen atoms in total. The molecule has 1 N–H and O–H groups in total. The summed E-state index contributed by atoms with van der Waals surface area (Å²) in [6.45, 7) is 0. The number of nitrogens with one attached hydrogen (secondary N) is 1. The van der Waals surface area contributed by atoms with Crippen LogP contribution in [0.25, 0.3) is 0 Å². The van der Waals surface area contributed by atoms with Gasteiger partial charge < -0.3 is 10.1 Å². The van der Waals surface area contributed by atoms with Crippen LogP contribution in [0.5, 0.6) is 11.5 Å². The maximum Gasteiger partial charge on any atom is 0.275 e. The van der Waals surface area contributed by atoms with Crippen LogP contribution in [0.15, 0.2) is 42.5 Å². The van der Waals surface area contributed by atoms with E-state index >= 15 is 0 Å². The predicted octanol–water partition coefficient (Wildman–Crippen LogP) is 3.34. The molecule has 0 saturated carbocycles. The van der Waals surface area contributed by atoms with Crippen molar-refractivity contribution in [2.75, 3.05) is 12.4 Å². The quantitative estimate of drug-likeness (QED) is 0.668. The van der Waals surface area contributed by atoms with E-state index < -0.39 is 9.85 Å². The van der Waals surface area contributed by atoms with Gasteiger partial charge in [0, 0.05) is 37.0 Å². The Hall–Kier alpha value is -3.16. The zero-order chi connectivity index (χ0) is 15.4. The number of benzene rings is 2. The molecule has 0 aliphatic carbocycles. The third kappa shape index (κ3) is 3.44. The van der Waals surface area contributed by atoms with Crippen LogP contribution in [-0.4, -0.2) is 16.9 Å². The Labute approximate surface area is 119 Å². The smallest absolute Gasteiger partial charge is 0.275 e. The summed E-state index contributed by atoms with van der Waals surface area (Å²) in [6.07, 6.45) is 0. The summed E-state index contributed by atoms with van der Waals surface area (Å²) in [5.41, 5.74) is 0.358. The highest BCUT2D eigenvalue weighted by atomic mass is 16.6. The van der Waals surface area contributed by atoms with E-state index in [4.69, 9.17) is 4.74 Å². The van der Waals surface area contributed by atoms with E-state index in [1.807, 2.05) is 0 Å². The molecule has 2 rings (SSSR count). The molecule has 2 aromatic carbocycles. The average Bonchev–Trinajstić information content (AvgIpc) is 2.47. The molecule has 0 aliphatic rings. The number of hydrogen-bond donors (Lipinski definition) is 1. The van der Waals surface area contributed by atoms with Gasteiger partial charge in [-0.25, -0.2) is 0 Å². The van der Waals surface area contributed by atoms with Crippen molar-refractivity contribution >= 4 is 17.1 Å². The number of hydrogen-bond acceptors (Lipinski definition) is 6. The average molecular weight is 289 g/mol. The van der Waals surface area contributed by atoms with E-state index in [0.717, 1.165) is 0 Å². The molecule has 0 heterocycles. The molecule has 0 spiro atoms. The zero-order valence-corrected chi connectivity index (χ0v) is 11.0. The van der Waals surface area contributed by atoms with Gasteiger partial charge in [-0.3, -0.25) is 20.2 Å². The van der Waals surface area contributed by atoms with Gasteiger partial charge in [-0.05, 0) is 12.1 Å². The van der Waals surface area contributed by atoms with Gasteiger partial charge in [0.2, 0.25) is 0 Å². The highest BCUT2D eigenvalue weighted by Crippen LogP contribution is 2.30. The number of rotatable bonds is 5. The van der Waals surface area contributed by atoms with Crippen LogP contribution in [0.4, 0.5) is 17.1 Å². The molecule has 0 amide bonds. The van der Waals surface area contributed by atoms with Gasteiger partial charge in [0.1, 0.15) is 11.5 Å². The fourth-order valence-electron chi connectivity index (χ4n) is 1.66. The second-order valence-electron chi connectivity index (χ2n) is 4.08. The Morgan fingerprint density at radius 3 is 2.05 bits per heavy atom. The van der Waals surface area contributed by atoms with E-state index in [2.05, 4.69) is 5.32 Å². The predicted molar refractivity (Wildman–Crippen MR) is 75.8 cm³/mol. The molecule has 0 atom stereocenters. The topological polar surface area (TPSA) is 108 Å². The minimum absolute atomic E-state index is 0.0580. The number of non-ortho nitro benzene ring substituents is 2. The molecule has 0 radical (unpaired) electrons. The molecule has 21 heavy (non-hydrogen) atoms. The van der Waals surface area contributed by atoms with Crippen molar-refractivity contribution in [2.45, 2.75) is 0 Å². The van der Waals surface area contributed by atoms with Crippen molar-refractivity contribution in [3.63, 3.8) is 0 Å². The SMILES string of the molecule is CNc1cc(Oc2ccc([N+](=O)[O-])cc2)cc([N+](=O)[O-])c1. The maximum atomic E-state index is 10.8. The highest BCUT2D eigenvalue weighted by Gasteiger charge is 2.11. The second-order valence-corrected chi connectivity index (χ2v) is 4.08. The molecule has 0 saturated heterocycles. The molecule has 0 fully saturated rings. The van der Waals surface area contributed by atoms with Gasteiger partial charge in [0.25, 0.3) is 11.4 Å². The second kappa shape index (κ2) is 5.87. The normalized spacial score (nSPS) is 9.95. The Morgan fingerprint density at radius 1 is 0.905 bits per heavy atom. The summed E-state index contributed by atoms with van der Waals surface area (Å²) in [4.78, 5) is 20.4. The third-order valence-corrected chi connectivity index (χ3v) is 2.67. The standard InChI is InChI=1S/C13H11N3O5/c1-14-9-6-11(16(19)20)8-13(7-9)21-12-4-2-10(3-5-12)15(17)18/h2-8,14H,1H3. The van der Waals surface area contributed by atoms with E-state index in [0.29, 0.717) is 11.4 Å². The molecule has 108 valence electrons. The first-order valence-electron chi connectivity index (χ1n) is 5.89. The Bertz CT molecular complexity index is 685. The van der Waals surface area contributed by atoms with Crippen molar-refractivity contribution < 1.29 is 14.6 Å². The monoisotopic (exact) mass is 289 g/mol. The lowest BCUT2D eigenvalue weighted by molar-refractivity contribution is -0.385. The number of anilines is 1. The van der Waals surface area contributed by atoms with Crippen LogP contribution in [0.2, 0.25) is 0 Å². The lowest BCUT2D eigenvalue weighted by atomic mass is 10.2. The molecular weight excluding hydrogens is 278 g/mol. The van der Waals surface area contributed by atoms with Crippen molar-refractivity contribution in [1.82, 2.24) is 0 Å². The summed E-state index contributed by atoms with van der Waals surface area (Å²) < 4.78 is 5.48. The molecule has 2 aromatic rings. The Balaban J connectivity index is 2.28. The largest absolute Gasteiger partial charge is 0.457 e. The van der Waals surface area contributed by atoms with E-state index in [9.17, 15) is 20.2 Å². The minimum Gasteiger partial charge on any atom is -0.457 e. The van der Waals surface area contributed by atoms with Gasteiger partial charge in [-0.2, -0.15) is 0 Å². The number of nitrogens with zero attached hydrogens (tertiary/aromatic N) is 2. The van der Waals surface area contributed by atoms with Crippen molar-refractivity contribution in [1.29, 1.82) is 0 Å². The first-order chi connectivity index (χ1) is 9.99. The molecule has 0 unspecified atom stereocenters. The molecule has 0 aromatic heterocycles.